The number of hydrogen-bond donors (Lipinski definition) is 0. The first-order valence-corrected chi connectivity index (χ1v) is 6.14. The van der Waals surface area contributed by atoms with Crippen molar-refractivity contribution >= 4 is 15.9 Å². The summed E-state index contributed by atoms with van der Waals surface area (Å²) in [7, 11) is 0. The predicted octanol–water partition coefficient (Wildman–Crippen LogP) is 3.60. The number of hydrogen-bond acceptors (Lipinski definition) is 0. The zero-order chi connectivity index (χ0) is 8.34. The Labute approximate surface area is 83.2 Å². The molecule has 0 aromatic carbocycles. The van der Waals surface area contributed by atoms with Crippen molar-refractivity contribution in [3.63, 3.8) is 0 Å². The van der Waals surface area contributed by atoms with Gasteiger partial charge in [-0.25, -0.2) is 0 Å². The van der Waals surface area contributed by atoms with E-state index in [1.165, 1.54) is 19.3 Å². The van der Waals surface area contributed by atoms with Crippen LogP contribution < -0.4 is 0 Å². The highest BCUT2D eigenvalue weighted by atomic mass is 79.9. The molecule has 68 valence electrons. The van der Waals surface area contributed by atoms with Crippen molar-refractivity contribution in [3.05, 3.63) is 0 Å². The Hall–Kier alpha value is 0.480. The molecular formula is C11H17Br. The summed E-state index contributed by atoms with van der Waals surface area (Å²) in [6, 6.07) is 0. The van der Waals surface area contributed by atoms with Crippen molar-refractivity contribution in [2.75, 3.05) is 0 Å². The minimum atomic E-state index is 0.593. The molecule has 0 spiro atoms. The van der Waals surface area contributed by atoms with Crippen molar-refractivity contribution in [3.8, 4) is 0 Å². The number of alkyl halides is 1. The van der Waals surface area contributed by atoms with Gasteiger partial charge in [-0.2, -0.15) is 0 Å². The maximum Gasteiger partial charge on any atom is 0.0266 e. The van der Waals surface area contributed by atoms with Gasteiger partial charge < -0.3 is 0 Å². The molecule has 0 aromatic rings. The third-order valence-corrected chi connectivity index (χ3v) is 5.64. The van der Waals surface area contributed by atoms with Crippen LogP contribution in [0.1, 0.15) is 39.0 Å². The predicted molar refractivity (Wildman–Crippen MR) is 54.4 cm³/mol. The lowest BCUT2D eigenvalue weighted by molar-refractivity contribution is -0.00987. The Bertz CT molecular complexity index is 195. The summed E-state index contributed by atoms with van der Waals surface area (Å²) in [5, 5.41) is 0. The van der Waals surface area contributed by atoms with E-state index in [0.717, 1.165) is 23.7 Å². The van der Waals surface area contributed by atoms with Gasteiger partial charge in [0, 0.05) is 4.32 Å². The highest BCUT2D eigenvalue weighted by Gasteiger charge is 2.52. The van der Waals surface area contributed by atoms with E-state index in [1.807, 2.05) is 0 Å². The van der Waals surface area contributed by atoms with Gasteiger partial charge in [0.1, 0.15) is 0 Å². The summed E-state index contributed by atoms with van der Waals surface area (Å²) < 4.78 is 0.593. The van der Waals surface area contributed by atoms with Crippen LogP contribution in [0.15, 0.2) is 0 Å². The quantitative estimate of drug-likeness (QED) is 0.557. The first-order valence-electron chi connectivity index (χ1n) is 5.35. The minimum Gasteiger partial charge on any atom is -0.0853 e. The van der Waals surface area contributed by atoms with Gasteiger partial charge in [0.2, 0.25) is 0 Å². The van der Waals surface area contributed by atoms with Gasteiger partial charge >= 0.3 is 0 Å². The molecule has 0 aromatic heterocycles. The summed E-state index contributed by atoms with van der Waals surface area (Å²) in [5.41, 5.74) is 0. The fraction of sp³-hybridized carbons (Fsp3) is 1.00. The van der Waals surface area contributed by atoms with E-state index in [2.05, 4.69) is 22.9 Å². The lowest BCUT2D eigenvalue weighted by Gasteiger charge is -2.57. The zero-order valence-corrected chi connectivity index (χ0v) is 9.31. The van der Waals surface area contributed by atoms with Gasteiger partial charge in [0.25, 0.3) is 0 Å². The topological polar surface area (TPSA) is 0 Å². The van der Waals surface area contributed by atoms with Crippen LogP contribution in [0.25, 0.3) is 0 Å². The second kappa shape index (κ2) is 2.29. The van der Waals surface area contributed by atoms with E-state index < -0.39 is 0 Å². The number of rotatable bonds is 0. The third-order valence-electron chi connectivity index (χ3n) is 4.67. The Morgan fingerprint density at radius 2 is 1.67 bits per heavy atom. The number of halogens is 1. The lowest BCUT2D eigenvalue weighted by Crippen LogP contribution is -2.50. The first-order chi connectivity index (χ1) is 5.66. The van der Waals surface area contributed by atoms with Gasteiger partial charge in [-0.05, 0) is 55.8 Å². The monoisotopic (exact) mass is 228 g/mol. The Kier molecular flexibility index (Phi) is 1.50. The molecule has 3 unspecified atom stereocenters. The van der Waals surface area contributed by atoms with Crippen molar-refractivity contribution in [2.24, 2.45) is 23.7 Å². The maximum atomic E-state index is 3.98. The molecule has 4 fully saturated rings. The van der Waals surface area contributed by atoms with E-state index >= 15 is 0 Å². The third kappa shape index (κ3) is 0.950. The average molecular weight is 229 g/mol. The average Bonchev–Trinajstić information content (AvgIpc) is 1.96. The first kappa shape index (κ1) is 7.84. The van der Waals surface area contributed by atoms with Crippen molar-refractivity contribution in [1.29, 1.82) is 0 Å². The Balaban J connectivity index is 1.95. The van der Waals surface area contributed by atoms with Crippen LogP contribution >= 0.6 is 15.9 Å². The summed E-state index contributed by atoms with van der Waals surface area (Å²) in [6.45, 7) is 2.49. The fourth-order valence-electron chi connectivity index (χ4n) is 4.18. The van der Waals surface area contributed by atoms with Crippen LogP contribution in [0.3, 0.4) is 0 Å². The van der Waals surface area contributed by atoms with E-state index in [1.54, 1.807) is 12.8 Å². The molecule has 12 heavy (non-hydrogen) atoms. The fourth-order valence-corrected chi connectivity index (χ4v) is 5.47. The highest BCUT2D eigenvalue weighted by molar-refractivity contribution is 9.10. The molecule has 4 rings (SSSR count). The van der Waals surface area contributed by atoms with Crippen LogP contribution in [-0.2, 0) is 0 Å². The molecule has 0 amide bonds. The van der Waals surface area contributed by atoms with Gasteiger partial charge in [-0.3, -0.25) is 0 Å². The van der Waals surface area contributed by atoms with Gasteiger partial charge in [-0.15, -0.1) is 0 Å². The van der Waals surface area contributed by atoms with Crippen LogP contribution in [0, 0.1) is 23.7 Å². The van der Waals surface area contributed by atoms with E-state index in [4.69, 9.17) is 0 Å². The normalized spacial score (nSPS) is 62.5. The SMILES string of the molecule is CC1[C@@H]2CC3C[C@H]1CC(Br)(C3)C2. The highest BCUT2D eigenvalue weighted by Crippen LogP contribution is 2.61. The van der Waals surface area contributed by atoms with Crippen molar-refractivity contribution in [1.82, 2.24) is 0 Å². The smallest absolute Gasteiger partial charge is 0.0266 e. The summed E-state index contributed by atoms with van der Waals surface area (Å²) in [4.78, 5) is 0. The summed E-state index contributed by atoms with van der Waals surface area (Å²) in [6.07, 6.45) is 7.52. The minimum absolute atomic E-state index is 0.593. The second-order valence-electron chi connectivity index (χ2n) is 5.48. The van der Waals surface area contributed by atoms with Crippen molar-refractivity contribution in [2.45, 2.75) is 43.4 Å². The molecule has 0 aliphatic heterocycles. The second-order valence-corrected chi connectivity index (χ2v) is 7.16. The van der Waals surface area contributed by atoms with Crippen molar-refractivity contribution < 1.29 is 0 Å². The van der Waals surface area contributed by atoms with Gasteiger partial charge in [-0.1, -0.05) is 22.9 Å². The molecular weight excluding hydrogens is 212 g/mol. The molecule has 0 saturated heterocycles. The Morgan fingerprint density at radius 3 is 2.17 bits per heavy atom. The van der Waals surface area contributed by atoms with E-state index in [9.17, 15) is 0 Å². The summed E-state index contributed by atoms with van der Waals surface area (Å²) >= 11 is 3.98. The molecule has 0 radical (unpaired) electrons. The van der Waals surface area contributed by atoms with Crippen LogP contribution in [0.2, 0.25) is 0 Å². The Morgan fingerprint density at radius 1 is 1.08 bits per heavy atom. The molecule has 0 nitrogen and oxygen atoms in total. The van der Waals surface area contributed by atoms with E-state index in [-0.39, 0.29) is 0 Å². The summed E-state index contributed by atoms with van der Waals surface area (Å²) in [5.74, 6) is 4.25. The standard InChI is InChI=1S/C11H17Br/c1-7-9-2-8-3-10(7)6-11(12,4-8)5-9/h7-10H,2-6H2,1H3/t7?,8?,9-,10+,11?. The van der Waals surface area contributed by atoms with E-state index in [0.29, 0.717) is 4.32 Å². The molecule has 1 heteroatoms. The lowest BCUT2D eigenvalue weighted by atomic mass is 9.52. The molecule has 4 aliphatic rings. The van der Waals surface area contributed by atoms with Crippen LogP contribution in [-0.4, -0.2) is 4.32 Å². The maximum absolute atomic E-state index is 3.98. The zero-order valence-electron chi connectivity index (χ0n) is 7.72. The molecule has 4 bridgehead atoms. The molecule has 0 N–H and O–H groups in total. The molecule has 0 heterocycles. The molecule has 5 atom stereocenters. The van der Waals surface area contributed by atoms with Gasteiger partial charge in [0.05, 0.1) is 0 Å². The van der Waals surface area contributed by atoms with Gasteiger partial charge in [0.15, 0.2) is 0 Å². The van der Waals surface area contributed by atoms with Crippen LogP contribution in [0.5, 0.6) is 0 Å². The van der Waals surface area contributed by atoms with Crippen LogP contribution in [0.4, 0.5) is 0 Å². The molecule has 4 saturated carbocycles. The largest absolute Gasteiger partial charge is 0.0853 e. The molecule has 4 aliphatic carbocycles.